The Hall–Kier alpha value is -3.02. The number of fused-ring (bicyclic) bond motifs is 3. The van der Waals surface area contributed by atoms with Gasteiger partial charge in [0, 0.05) is 17.4 Å². The van der Waals surface area contributed by atoms with Gasteiger partial charge in [-0.1, -0.05) is 53.6 Å². The fraction of sp³-hybridized carbons (Fsp3) is 0.316. The second kappa shape index (κ2) is 6.71. The van der Waals surface area contributed by atoms with Crippen LogP contribution in [-0.4, -0.2) is 47.9 Å². The number of ether oxygens (including phenoxy) is 1. The molecule has 4 rings (SSSR count). The number of amides is 1. The summed E-state index contributed by atoms with van der Waals surface area (Å²) in [7, 11) is 0. The normalized spacial score (nSPS) is 21.0. The Labute approximate surface area is 150 Å². The van der Waals surface area contributed by atoms with Crippen LogP contribution in [0.2, 0.25) is 0 Å². The highest BCUT2D eigenvalue weighted by Crippen LogP contribution is 2.44. The maximum absolute atomic E-state index is 12.4. The van der Waals surface area contributed by atoms with Crippen LogP contribution in [0.1, 0.15) is 17.0 Å². The number of azide groups is 1. The average Bonchev–Trinajstić information content (AvgIpc) is 3.19. The zero-order valence-electron chi connectivity index (χ0n) is 14.0. The lowest BCUT2D eigenvalue weighted by atomic mass is 9.98. The van der Waals surface area contributed by atoms with Crippen molar-refractivity contribution >= 4 is 6.09 Å². The minimum atomic E-state index is -0.855. The maximum atomic E-state index is 12.4. The predicted molar refractivity (Wildman–Crippen MR) is 95.6 cm³/mol. The average molecular weight is 350 g/mol. The van der Waals surface area contributed by atoms with E-state index in [0.717, 1.165) is 11.1 Å². The van der Waals surface area contributed by atoms with E-state index in [1.165, 1.54) is 16.0 Å². The second-order valence-corrected chi connectivity index (χ2v) is 6.55. The van der Waals surface area contributed by atoms with Crippen molar-refractivity contribution in [2.45, 2.75) is 18.1 Å². The van der Waals surface area contributed by atoms with E-state index in [2.05, 4.69) is 34.3 Å². The molecule has 0 bridgehead atoms. The lowest BCUT2D eigenvalue weighted by molar-refractivity contribution is 0.100. The van der Waals surface area contributed by atoms with Gasteiger partial charge in [0.1, 0.15) is 6.61 Å². The van der Waals surface area contributed by atoms with E-state index in [-0.39, 0.29) is 25.6 Å². The van der Waals surface area contributed by atoms with Crippen molar-refractivity contribution in [3.05, 3.63) is 70.1 Å². The summed E-state index contributed by atoms with van der Waals surface area (Å²) in [6.07, 6.45) is -1.35. The molecule has 0 saturated carbocycles. The molecule has 0 unspecified atom stereocenters. The number of hydrogen-bond acceptors (Lipinski definition) is 4. The zero-order chi connectivity index (χ0) is 18.1. The first-order chi connectivity index (χ1) is 12.7. The minimum absolute atomic E-state index is 0.00759. The number of carbonyl (C=O) groups is 1. The molecule has 26 heavy (non-hydrogen) atoms. The van der Waals surface area contributed by atoms with Gasteiger partial charge in [-0.05, 0) is 27.8 Å². The molecule has 132 valence electrons. The van der Waals surface area contributed by atoms with Crippen LogP contribution < -0.4 is 0 Å². The molecule has 1 amide bonds. The summed E-state index contributed by atoms with van der Waals surface area (Å²) >= 11 is 0. The van der Waals surface area contributed by atoms with Crippen molar-refractivity contribution in [1.29, 1.82) is 0 Å². The third kappa shape index (κ3) is 2.77. The Balaban J connectivity index is 1.48. The number of rotatable bonds is 3. The molecular formula is C19H18N4O3. The van der Waals surface area contributed by atoms with Crippen LogP contribution in [0.5, 0.6) is 0 Å². The third-order valence-corrected chi connectivity index (χ3v) is 5.05. The molecule has 2 atom stereocenters. The molecule has 7 heteroatoms. The number of nitrogens with zero attached hydrogens (tertiary/aromatic N) is 4. The molecule has 1 aliphatic heterocycles. The summed E-state index contributed by atoms with van der Waals surface area (Å²) in [5.41, 5.74) is 13.2. The minimum Gasteiger partial charge on any atom is -0.448 e. The van der Waals surface area contributed by atoms with Crippen molar-refractivity contribution in [3.63, 3.8) is 0 Å². The van der Waals surface area contributed by atoms with Crippen LogP contribution in [0.15, 0.2) is 53.6 Å². The largest absolute Gasteiger partial charge is 0.448 e. The lowest BCUT2D eigenvalue weighted by Crippen LogP contribution is -2.31. The van der Waals surface area contributed by atoms with E-state index in [0.29, 0.717) is 0 Å². The van der Waals surface area contributed by atoms with Crippen LogP contribution >= 0.6 is 0 Å². The van der Waals surface area contributed by atoms with Crippen molar-refractivity contribution in [1.82, 2.24) is 4.90 Å². The molecule has 2 aromatic rings. The molecule has 1 saturated heterocycles. The third-order valence-electron chi connectivity index (χ3n) is 5.05. The quantitative estimate of drug-likeness (QED) is 0.522. The molecule has 1 aliphatic carbocycles. The predicted octanol–water partition coefficient (Wildman–Crippen LogP) is 3.29. The van der Waals surface area contributed by atoms with Gasteiger partial charge in [0.15, 0.2) is 0 Å². The van der Waals surface area contributed by atoms with E-state index in [1.54, 1.807) is 0 Å². The molecule has 1 fully saturated rings. The highest BCUT2D eigenvalue weighted by Gasteiger charge is 2.35. The first-order valence-electron chi connectivity index (χ1n) is 8.51. The van der Waals surface area contributed by atoms with E-state index in [4.69, 9.17) is 10.3 Å². The molecular weight excluding hydrogens is 332 g/mol. The molecule has 7 nitrogen and oxygen atoms in total. The Morgan fingerprint density at radius 1 is 1.15 bits per heavy atom. The van der Waals surface area contributed by atoms with Gasteiger partial charge in [-0.15, -0.1) is 0 Å². The second-order valence-electron chi connectivity index (χ2n) is 6.55. The van der Waals surface area contributed by atoms with Crippen LogP contribution in [0.4, 0.5) is 4.79 Å². The molecule has 2 aliphatic rings. The standard InChI is InChI=1S/C19H18N4O3/c20-22-21-17-9-23(10-18(17)24)19(25)26-11-16-14-7-3-1-5-12(14)13-6-2-4-8-15(13)16/h1-8,16-18,24H,9-11H2/t17-,18-/m1/s1. The van der Waals surface area contributed by atoms with Crippen LogP contribution in [-0.2, 0) is 4.74 Å². The smallest absolute Gasteiger partial charge is 0.409 e. The monoisotopic (exact) mass is 350 g/mol. The Kier molecular flexibility index (Phi) is 4.24. The van der Waals surface area contributed by atoms with Crippen LogP contribution in [0.3, 0.4) is 0 Å². The van der Waals surface area contributed by atoms with Crippen molar-refractivity contribution in [2.24, 2.45) is 5.11 Å². The van der Waals surface area contributed by atoms with Crippen molar-refractivity contribution < 1.29 is 14.6 Å². The van der Waals surface area contributed by atoms with Crippen LogP contribution in [0.25, 0.3) is 21.6 Å². The maximum Gasteiger partial charge on any atom is 0.409 e. The number of benzene rings is 2. The Bertz CT molecular complexity index is 848. The van der Waals surface area contributed by atoms with E-state index < -0.39 is 18.2 Å². The lowest BCUT2D eigenvalue weighted by Gasteiger charge is -2.19. The van der Waals surface area contributed by atoms with Gasteiger partial charge in [-0.3, -0.25) is 0 Å². The fourth-order valence-electron chi connectivity index (χ4n) is 3.78. The summed E-state index contributed by atoms with van der Waals surface area (Å²) in [5, 5.41) is 13.4. The van der Waals surface area contributed by atoms with Gasteiger partial charge in [0.25, 0.3) is 0 Å². The first-order valence-corrected chi connectivity index (χ1v) is 8.51. The zero-order valence-corrected chi connectivity index (χ0v) is 14.0. The molecule has 1 N–H and O–H groups in total. The summed E-state index contributed by atoms with van der Waals surface area (Å²) in [5.74, 6) is -0.00759. The molecule has 1 heterocycles. The number of carbonyl (C=O) groups excluding carboxylic acids is 1. The Morgan fingerprint density at radius 2 is 1.77 bits per heavy atom. The SMILES string of the molecule is [N-]=[N+]=N[C@@H]1CN(C(=O)OCC2c3ccccc3-c3ccccc32)C[C@H]1O. The van der Waals surface area contributed by atoms with E-state index >= 15 is 0 Å². The summed E-state index contributed by atoms with van der Waals surface area (Å²) < 4.78 is 5.54. The molecule has 0 aromatic heterocycles. The fourth-order valence-corrected chi connectivity index (χ4v) is 3.78. The number of β-amino-alcohol motifs (C(OH)–C–C–N with tert-alkyl or cyclic N) is 1. The molecule has 0 radical (unpaired) electrons. The molecule has 0 spiro atoms. The number of likely N-dealkylation sites (tertiary alicyclic amines) is 1. The first kappa shape index (κ1) is 16.4. The van der Waals surface area contributed by atoms with E-state index in [1.807, 2.05) is 24.3 Å². The number of hydrogen-bond donors (Lipinski definition) is 1. The Morgan fingerprint density at radius 3 is 2.38 bits per heavy atom. The highest BCUT2D eigenvalue weighted by atomic mass is 16.6. The van der Waals surface area contributed by atoms with Gasteiger partial charge < -0.3 is 14.7 Å². The summed E-state index contributed by atoms with van der Waals surface area (Å²) in [6.45, 7) is 0.508. The van der Waals surface area contributed by atoms with Gasteiger partial charge in [0.05, 0.1) is 18.7 Å². The van der Waals surface area contributed by atoms with Gasteiger partial charge in [-0.2, -0.15) is 0 Å². The molecule has 2 aromatic carbocycles. The van der Waals surface area contributed by atoms with Crippen molar-refractivity contribution in [3.8, 4) is 11.1 Å². The van der Waals surface area contributed by atoms with Gasteiger partial charge in [-0.25, -0.2) is 4.79 Å². The van der Waals surface area contributed by atoms with Crippen LogP contribution in [0, 0.1) is 0 Å². The van der Waals surface area contributed by atoms with Gasteiger partial charge in [0.2, 0.25) is 0 Å². The summed E-state index contributed by atoms with van der Waals surface area (Å²) in [4.78, 5) is 16.5. The van der Waals surface area contributed by atoms with E-state index in [9.17, 15) is 9.90 Å². The van der Waals surface area contributed by atoms with Gasteiger partial charge >= 0.3 is 6.09 Å². The number of aliphatic hydroxyl groups is 1. The topological polar surface area (TPSA) is 98.5 Å². The summed E-state index contributed by atoms with van der Waals surface area (Å²) in [6, 6.07) is 15.6. The van der Waals surface area contributed by atoms with Crippen molar-refractivity contribution in [2.75, 3.05) is 19.7 Å². The highest BCUT2D eigenvalue weighted by molar-refractivity contribution is 5.79. The number of aliphatic hydroxyl groups excluding tert-OH is 1.